The zero-order valence-corrected chi connectivity index (χ0v) is 10.9. The molecule has 17 heavy (non-hydrogen) atoms. The number of nitrogens with one attached hydrogen (secondary N) is 1. The van der Waals surface area contributed by atoms with Gasteiger partial charge in [-0.05, 0) is 30.4 Å². The highest BCUT2D eigenvalue weighted by molar-refractivity contribution is 5.40. The van der Waals surface area contributed by atoms with Gasteiger partial charge in [-0.3, -0.25) is 0 Å². The van der Waals surface area contributed by atoms with Crippen LogP contribution in [0.25, 0.3) is 0 Å². The van der Waals surface area contributed by atoms with Crippen LogP contribution in [0.3, 0.4) is 0 Å². The molecule has 0 radical (unpaired) electrons. The van der Waals surface area contributed by atoms with Crippen molar-refractivity contribution in [3.05, 3.63) is 35.4 Å². The average Bonchev–Trinajstić information content (AvgIpc) is 2.34. The van der Waals surface area contributed by atoms with Crippen LogP contribution in [0.1, 0.15) is 43.7 Å². The summed E-state index contributed by atoms with van der Waals surface area (Å²) in [7, 11) is 0. The monoisotopic (exact) mass is 233 g/mol. The second kappa shape index (κ2) is 5.19. The fourth-order valence-corrected chi connectivity index (χ4v) is 2.52. The lowest BCUT2D eigenvalue weighted by molar-refractivity contribution is 0.0323. The van der Waals surface area contributed by atoms with E-state index in [4.69, 9.17) is 0 Å². The first-order valence-corrected chi connectivity index (χ1v) is 6.69. The van der Waals surface area contributed by atoms with Gasteiger partial charge in [-0.15, -0.1) is 0 Å². The van der Waals surface area contributed by atoms with E-state index in [1.165, 1.54) is 17.5 Å². The summed E-state index contributed by atoms with van der Waals surface area (Å²) in [6.45, 7) is 5.78. The van der Waals surface area contributed by atoms with Gasteiger partial charge in [0.25, 0.3) is 0 Å². The first kappa shape index (κ1) is 12.6. The lowest BCUT2D eigenvalue weighted by atomic mass is 9.77. The second-order valence-corrected chi connectivity index (χ2v) is 5.16. The fraction of sp³-hybridized carbons (Fsp3) is 0.600. The molecule has 1 aliphatic carbocycles. The van der Waals surface area contributed by atoms with Gasteiger partial charge in [0, 0.05) is 19.0 Å². The number of aliphatic hydroxyl groups is 1. The molecule has 0 saturated heterocycles. The zero-order valence-electron chi connectivity index (χ0n) is 10.9. The summed E-state index contributed by atoms with van der Waals surface area (Å²) in [5, 5.41) is 13.6. The Balaban J connectivity index is 1.78. The minimum Gasteiger partial charge on any atom is -0.389 e. The van der Waals surface area contributed by atoms with Crippen LogP contribution in [-0.2, 0) is 6.42 Å². The lowest BCUT2D eigenvalue weighted by Crippen LogP contribution is -2.42. The molecule has 2 rings (SSSR count). The van der Waals surface area contributed by atoms with Crippen molar-refractivity contribution in [2.75, 3.05) is 13.1 Å². The predicted octanol–water partition coefficient (Wildman–Crippen LogP) is 2.47. The van der Waals surface area contributed by atoms with Crippen molar-refractivity contribution >= 4 is 0 Å². The van der Waals surface area contributed by atoms with E-state index in [0.29, 0.717) is 12.5 Å². The summed E-state index contributed by atoms with van der Waals surface area (Å²) in [6, 6.07) is 8.64. The minimum atomic E-state index is -0.525. The van der Waals surface area contributed by atoms with Crippen molar-refractivity contribution in [2.24, 2.45) is 0 Å². The Morgan fingerprint density at radius 1 is 1.29 bits per heavy atom. The van der Waals surface area contributed by atoms with Crippen LogP contribution >= 0.6 is 0 Å². The molecular weight excluding hydrogens is 210 g/mol. The summed E-state index contributed by atoms with van der Waals surface area (Å²) in [6.07, 6.45) is 2.81. The van der Waals surface area contributed by atoms with Crippen LogP contribution in [-0.4, -0.2) is 23.8 Å². The quantitative estimate of drug-likeness (QED) is 0.791. The van der Waals surface area contributed by atoms with Crippen molar-refractivity contribution in [3.8, 4) is 0 Å². The van der Waals surface area contributed by atoms with Crippen molar-refractivity contribution in [2.45, 2.75) is 44.6 Å². The van der Waals surface area contributed by atoms with Crippen LogP contribution in [0.2, 0.25) is 0 Å². The number of hydrogen-bond acceptors (Lipinski definition) is 2. The smallest absolute Gasteiger partial charge is 0.0766 e. The van der Waals surface area contributed by atoms with Gasteiger partial charge < -0.3 is 10.4 Å². The van der Waals surface area contributed by atoms with Crippen LogP contribution < -0.4 is 5.32 Å². The number of fused-ring (bicyclic) bond motifs is 1. The molecule has 0 saturated carbocycles. The standard InChI is InChI=1S/C15H23NO/c1-3-15(17,4-2)11-16-10-13-9-12-7-5-6-8-14(12)13/h5-8,13,16-17H,3-4,9-11H2,1-2H3. The van der Waals surface area contributed by atoms with E-state index in [-0.39, 0.29) is 0 Å². The molecule has 1 unspecified atom stereocenters. The Bertz CT molecular complexity index is 371. The minimum absolute atomic E-state index is 0.525. The molecule has 0 aliphatic heterocycles. The molecule has 0 fully saturated rings. The highest BCUT2D eigenvalue weighted by Crippen LogP contribution is 2.34. The molecule has 2 N–H and O–H groups in total. The zero-order chi connectivity index (χ0) is 12.3. The maximum atomic E-state index is 10.2. The first-order valence-electron chi connectivity index (χ1n) is 6.69. The molecule has 1 aromatic carbocycles. The van der Waals surface area contributed by atoms with Crippen LogP contribution in [0.5, 0.6) is 0 Å². The van der Waals surface area contributed by atoms with E-state index < -0.39 is 5.60 Å². The fourth-order valence-electron chi connectivity index (χ4n) is 2.52. The van der Waals surface area contributed by atoms with Crippen molar-refractivity contribution in [1.29, 1.82) is 0 Å². The highest BCUT2D eigenvalue weighted by Gasteiger charge is 2.26. The van der Waals surface area contributed by atoms with Crippen LogP contribution in [0.15, 0.2) is 24.3 Å². The van der Waals surface area contributed by atoms with Crippen LogP contribution in [0, 0.1) is 0 Å². The lowest BCUT2D eigenvalue weighted by Gasteiger charge is -2.32. The van der Waals surface area contributed by atoms with Crippen molar-refractivity contribution in [3.63, 3.8) is 0 Å². The molecule has 1 aromatic rings. The third kappa shape index (κ3) is 2.70. The topological polar surface area (TPSA) is 32.3 Å². The summed E-state index contributed by atoms with van der Waals surface area (Å²) in [5.74, 6) is 0.643. The van der Waals surface area contributed by atoms with Crippen LogP contribution in [0.4, 0.5) is 0 Å². The normalized spacial score (nSPS) is 18.6. The van der Waals surface area contributed by atoms with Gasteiger partial charge in [0.05, 0.1) is 5.60 Å². The van der Waals surface area contributed by atoms with Gasteiger partial charge in [-0.1, -0.05) is 38.1 Å². The predicted molar refractivity (Wildman–Crippen MR) is 71.3 cm³/mol. The number of benzene rings is 1. The van der Waals surface area contributed by atoms with E-state index in [1.807, 2.05) is 13.8 Å². The third-order valence-corrected chi connectivity index (χ3v) is 4.12. The molecule has 1 aliphatic rings. The maximum absolute atomic E-state index is 10.2. The van der Waals surface area contributed by atoms with Crippen molar-refractivity contribution < 1.29 is 5.11 Å². The average molecular weight is 233 g/mol. The molecule has 2 nitrogen and oxygen atoms in total. The largest absolute Gasteiger partial charge is 0.389 e. The summed E-state index contributed by atoms with van der Waals surface area (Å²) >= 11 is 0. The summed E-state index contributed by atoms with van der Waals surface area (Å²) < 4.78 is 0. The molecule has 2 heteroatoms. The molecule has 0 heterocycles. The van der Waals surface area contributed by atoms with Gasteiger partial charge in [0.2, 0.25) is 0 Å². The maximum Gasteiger partial charge on any atom is 0.0766 e. The Hall–Kier alpha value is -0.860. The van der Waals surface area contributed by atoms with Gasteiger partial charge in [-0.25, -0.2) is 0 Å². The van der Waals surface area contributed by atoms with E-state index in [2.05, 4.69) is 29.6 Å². The van der Waals surface area contributed by atoms with E-state index in [0.717, 1.165) is 19.4 Å². The summed E-state index contributed by atoms with van der Waals surface area (Å²) in [4.78, 5) is 0. The molecular formula is C15H23NO. The molecule has 94 valence electrons. The Labute approximate surface area is 104 Å². The third-order valence-electron chi connectivity index (χ3n) is 4.12. The van der Waals surface area contributed by atoms with Gasteiger partial charge in [-0.2, -0.15) is 0 Å². The number of rotatable bonds is 6. The van der Waals surface area contributed by atoms with Gasteiger partial charge in [0.15, 0.2) is 0 Å². The van der Waals surface area contributed by atoms with Gasteiger partial charge >= 0.3 is 0 Å². The van der Waals surface area contributed by atoms with E-state index in [1.54, 1.807) is 0 Å². The van der Waals surface area contributed by atoms with Crippen molar-refractivity contribution in [1.82, 2.24) is 5.32 Å². The SMILES string of the molecule is CCC(O)(CC)CNCC1Cc2ccccc21. The molecule has 0 spiro atoms. The molecule has 0 amide bonds. The number of hydrogen-bond donors (Lipinski definition) is 2. The highest BCUT2D eigenvalue weighted by atomic mass is 16.3. The molecule has 0 aromatic heterocycles. The van der Waals surface area contributed by atoms with E-state index in [9.17, 15) is 5.11 Å². The first-order chi connectivity index (χ1) is 8.18. The molecule has 0 bridgehead atoms. The van der Waals surface area contributed by atoms with Gasteiger partial charge in [0.1, 0.15) is 0 Å². The van der Waals surface area contributed by atoms with E-state index >= 15 is 0 Å². The summed E-state index contributed by atoms with van der Waals surface area (Å²) in [5.41, 5.74) is 2.44. The molecule has 1 atom stereocenters. The Morgan fingerprint density at radius 2 is 2.00 bits per heavy atom. The Morgan fingerprint density at radius 3 is 2.65 bits per heavy atom. The Kier molecular flexibility index (Phi) is 3.85. The second-order valence-electron chi connectivity index (χ2n) is 5.16.